The third-order valence-electron chi connectivity index (χ3n) is 5.00. The quantitative estimate of drug-likeness (QED) is 0.577. The Hall–Kier alpha value is -1.74. The minimum atomic E-state index is -3.64. The molecule has 0 aliphatic heterocycles. The van der Waals surface area contributed by atoms with Crippen LogP contribution >= 0.6 is 0 Å². The molecule has 2 N–H and O–H groups in total. The van der Waals surface area contributed by atoms with E-state index in [0.717, 1.165) is 11.1 Å². The topological polar surface area (TPSA) is 92.3 Å². The normalized spacial score (nSPS) is 13.4. The summed E-state index contributed by atoms with van der Waals surface area (Å²) in [5, 5.41) is 0. The van der Waals surface area contributed by atoms with Gasteiger partial charge in [0.25, 0.3) is 0 Å². The van der Waals surface area contributed by atoms with Crippen molar-refractivity contribution >= 4 is 20.0 Å². The molecule has 0 saturated heterocycles. The van der Waals surface area contributed by atoms with Gasteiger partial charge in [0.15, 0.2) is 0 Å². The molecule has 0 amide bonds. The molecule has 0 aromatic heterocycles. The fourth-order valence-electron chi connectivity index (χ4n) is 2.94. The van der Waals surface area contributed by atoms with Crippen molar-refractivity contribution in [3.63, 3.8) is 0 Å². The van der Waals surface area contributed by atoms with Crippen LogP contribution in [0.4, 0.5) is 0 Å². The Balaban J connectivity index is 1.88. The maximum atomic E-state index is 12.4. The van der Waals surface area contributed by atoms with Crippen LogP contribution in [-0.4, -0.2) is 29.9 Å². The number of hydrogen-bond donors (Lipinski definition) is 2. The zero-order valence-electron chi connectivity index (χ0n) is 19.2. The number of nitrogens with one attached hydrogen (secondary N) is 2. The van der Waals surface area contributed by atoms with Gasteiger partial charge in [-0.3, -0.25) is 0 Å². The number of sulfonamides is 2. The van der Waals surface area contributed by atoms with Crippen molar-refractivity contribution in [2.45, 2.75) is 68.6 Å². The standard InChI is InChI=1S/C23H34N2O4S2/c1-22(2,3)18-8-12-20(13-9-18)30(26,27)24-16-7-17-25-31(28,29)21-14-10-19(11-15-21)23(4,5)6/h8-15,24-25H,7,16-17H2,1-6H3. The molecule has 31 heavy (non-hydrogen) atoms. The van der Waals surface area contributed by atoms with E-state index in [1.54, 1.807) is 24.3 Å². The van der Waals surface area contributed by atoms with Gasteiger partial charge in [0.2, 0.25) is 20.0 Å². The van der Waals surface area contributed by atoms with E-state index in [2.05, 4.69) is 51.0 Å². The SMILES string of the molecule is CC(C)(C)c1ccc(S(=O)(=O)NCCCNS(=O)(=O)c2ccc(C(C)(C)C)cc2)cc1. The summed E-state index contributed by atoms with van der Waals surface area (Å²) in [4.78, 5) is 0.389. The summed E-state index contributed by atoms with van der Waals surface area (Å²) < 4.78 is 54.8. The molecular weight excluding hydrogens is 432 g/mol. The monoisotopic (exact) mass is 466 g/mol. The van der Waals surface area contributed by atoms with Crippen LogP contribution in [0.3, 0.4) is 0 Å². The Bertz CT molecular complexity index is 987. The predicted octanol–water partition coefficient (Wildman–Crippen LogP) is 3.93. The third kappa shape index (κ3) is 7.14. The maximum absolute atomic E-state index is 12.4. The molecule has 0 unspecified atom stereocenters. The number of hydrogen-bond acceptors (Lipinski definition) is 4. The molecule has 2 aromatic rings. The smallest absolute Gasteiger partial charge is 0.211 e. The minimum absolute atomic E-state index is 0.0556. The average molecular weight is 467 g/mol. The molecule has 0 aliphatic rings. The van der Waals surface area contributed by atoms with Gasteiger partial charge in [-0.2, -0.15) is 0 Å². The largest absolute Gasteiger partial charge is 0.240 e. The van der Waals surface area contributed by atoms with E-state index in [4.69, 9.17) is 0 Å². The summed E-state index contributed by atoms with van der Waals surface area (Å²) in [5.74, 6) is 0. The molecule has 0 fully saturated rings. The van der Waals surface area contributed by atoms with E-state index in [0.29, 0.717) is 6.42 Å². The van der Waals surface area contributed by atoms with Gasteiger partial charge in [0.05, 0.1) is 9.79 Å². The van der Waals surface area contributed by atoms with Crippen molar-refractivity contribution in [1.82, 2.24) is 9.44 Å². The fourth-order valence-corrected chi connectivity index (χ4v) is 5.08. The van der Waals surface area contributed by atoms with Crippen LogP contribution in [0.15, 0.2) is 58.3 Å². The Morgan fingerprint density at radius 3 is 1.13 bits per heavy atom. The van der Waals surface area contributed by atoms with E-state index >= 15 is 0 Å². The highest BCUT2D eigenvalue weighted by Crippen LogP contribution is 2.24. The van der Waals surface area contributed by atoms with Gasteiger partial charge >= 0.3 is 0 Å². The van der Waals surface area contributed by atoms with E-state index in [9.17, 15) is 16.8 Å². The maximum Gasteiger partial charge on any atom is 0.240 e. The lowest BCUT2D eigenvalue weighted by atomic mass is 9.87. The van der Waals surface area contributed by atoms with Crippen molar-refractivity contribution in [3.05, 3.63) is 59.7 Å². The van der Waals surface area contributed by atoms with Crippen LogP contribution in [0.2, 0.25) is 0 Å². The van der Waals surface area contributed by atoms with Crippen LogP contribution in [0.1, 0.15) is 59.1 Å². The zero-order valence-corrected chi connectivity index (χ0v) is 20.8. The van der Waals surface area contributed by atoms with Gasteiger partial charge in [-0.05, 0) is 52.6 Å². The molecule has 6 nitrogen and oxygen atoms in total. The number of rotatable bonds is 8. The molecule has 0 atom stereocenters. The highest BCUT2D eigenvalue weighted by molar-refractivity contribution is 7.89. The summed E-state index contributed by atoms with van der Waals surface area (Å²) in [6.45, 7) is 12.7. The Labute approximate surface area is 187 Å². The van der Waals surface area contributed by atoms with E-state index in [1.165, 1.54) is 0 Å². The lowest BCUT2D eigenvalue weighted by Crippen LogP contribution is -2.30. The van der Waals surface area contributed by atoms with Gasteiger partial charge in [-0.15, -0.1) is 0 Å². The molecule has 2 aromatic carbocycles. The van der Waals surface area contributed by atoms with Crippen molar-refractivity contribution in [3.8, 4) is 0 Å². The van der Waals surface area contributed by atoms with Crippen molar-refractivity contribution in [2.75, 3.05) is 13.1 Å². The lowest BCUT2D eigenvalue weighted by Gasteiger charge is -2.19. The molecule has 0 saturated carbocycles. The first kappa shape index (κ1) is 25.5. The van der Waals surface area contributed by atoms with Crippen LogP contribution < -0.4 is 9.44 Å². The average Bonchev–Trinajstić information content (AvgIpc) is 2.66. The van der Waals surface area contributed by atoms with Crippen LogP contribution in [0.25, 0.3) is 0 Å². The third-order valence-corrected chi connectivity index (χ3v) is 7.95. The van der Waals surface area contributed by atoms with E-state index < -0.39 is 20.0 Å². The van der Waals surface area contributed by atoms with Crippen molar-refractivity contribution in [1.29, 1.82) is 0 Å². The first-order valence-corrected chi connectivity index (χ1v) is 13.3. The second-order valence-corrected chi connectivity index (χ2v) is 13.2. The molecule has 2 rings (SSSR count). The van der Waals surface area contributed by atoms with Gasteiger partial charge in [0.1, 0.15) is 0 Å². The molecule has 0 heterocycles. The molecule has 0 bridgehead atoms. The minimum Gasteiger partial charge on any atom is -0.211 e. The Morgan fingerprint density at radius 2 is 0.871 bits per heavy atom. The van der Waals surface area contributed by atoms with Crippen LogP contribution in [0, 0.1) is 0 Å². The summed E-state index contributed by atoms with van der Waals surface area (Å²) in [6.07, 6.45) is 0.332. The van der Waals surface area contributed by atoms with Gasteiger partial charge < -0.3 is 0 Å². The highest BCUT2D eigenvalue weighted by Gasteiger charge is 2.19. The Kier molecular flexibility index (Phi) is 7.74. The van der Waals surface area contributed by atoms with Crippen molar-refractivity contribution < 1.29 is 16.8 Å². The Morgan fingerprint density at radius 1 is 0.581 bits per heavy atom. The van der Waals surface area contributed by atoms with Gasteiger partial charge in [0, 0.05) is 13.1 Å². The summed E-state index contributed by atoms with van der Waals surface area (Å²) >= 11 is 0. The second kappa shape index (κ2) is 9.40. The molecule has 8 heteroatoms. The first-order valence-electron chi connectivity index (χ1n) is 10.3. The fraction of sp³-hybridized carbons (Fsp3) is 0.478. The first-order chi connectivity index (χ1) is 14.1. The van der Waals surface area contributed by atoms with Gasteiger partial charge in [-0.1, -0.05) is 65.8 Å². The summed E-state index contributed by atoms with van der Waals surface area (Å²) in [6, 6.07) is 13.6. The molecule has 0 aliphatic carbocycles. The lowest BCUT2D eigenvalue weighted by molar-refractivity contribution is 0.570. The molecular formula is C23H34N2O4S2. The summed E-state index contributed by atoms with van der Waals surface area (Å²) in [7, 11) is -7.27. The van der Waals surface area contributed by atoms with Crippen LogP contribution in [-0.2, 0) is 30.9 Å². The predicted molar refractivity (Wildman–Crippen MR) is 125 cm³/mol. The number of benzene rings is 2. The molecule has 172 valence electrons. The zero-order chi connectivity index (χ0) is 23.5. The second-order valence-electron chi connectivity index (χ2n) is 9.70. The van der Waals surface area contributed by atoms with Crippen molar-refractivity contribution in [2.24, 2.45) is 0 Å². The molecule has 0 radical (unpaired) electrons. The summed E-state index contributed by atoms with van der Waals surface area (Å²) in [5.41, 5.74) is 1.99. The highest BCUT2D eigenvalue weighted by atomic mass is 32.2. The van der Waals surface area contributed by atoms with Crippen LogP contribution in [0.5, 0.6) is 0 Å². The molecule has 0 spiro atoms. The van der Waals surface area contributed by atoms with Gasteiger partial charge in [-0.25, -0.2) is 26.3 Å². The van der Waals surface area contributed by atoms with E-state index in [-0.39, 0.29) is 33.7 Å². The van der Waals surface area contributed by atoms with E-state index in [1.807, 2.05) is 24.3 Å².